The van der Waals surface area contributed by atoms with Crippen molar-refractivity contribution in [1.29, 1.82) is 0 Å². The van der Waals surface area contributed by atoms with Gasteiger partial charge in [0, 0.05) is 6.07 Å². The third kappa shape index (κ3) is 4.62. The Labute approximate surface area is 96.1 Å². The minimum atomic E-state index is -0.253. The molecule has 90 valence electrons. The Hall–Kier alpha value is -1.09. The largest absolute Gasteiger partial charge is 0.493 e. The molecule has 0 radical (unpaired) electrons. The molecule has 0 heterocycles. The molecule has 16 heavy (non-hydrogen) atoms. The first-order valence-corrected chi connectivity index (χ1v) is 5.66. The normalized spacial score (nSPS) is 12.5. The fourth-order valence-electron chi connectivity index (χ4n) is 1.40. The Morgan fingerprint density at radius 1 is 1.38 bits per heavy atom. The minimum absolute atomic E-state index is 0.235. The molecule has 0 aliphatic heterocycles. The number of hydrogen-bond acceptors (Lipinski definition) is 2. The predicted octanol–water partition coefficient (Wildman–Crippen LogP) is 3.06. The number of ether oxygens (including phenoxy) is 1. The molecule has 0 spiro atoms. The van der Waals surface area contributed by atoms with Crippen molar-refractivity contribution in [1.82, 2.24) is 0 Å². The van der Waals surface area contributed by atoms with E-state index in [1.165, 1.54) is 6.07 Å². The molecule has 1 unspecified atom stereocenters. The van der Waals surface area contributed by atoms with Gasteiger partial charge in [-0.05, 0) is 44.7 Å². The van der Waals surface area contributed by atoms with Gasteiger partial charge in [0.1, 0.15) is 11.6 Å². The Kier molecular flexibility index (Phi) is 5.26. The second kappa shape index (κ2) is 6.48. The highest BCUT2D eigenvalue weighted by Crippen LogP contribution is 2.16. The average molecular weight is 226 g/mol. The summed E-state index contributed by atoms with van der Waals surface area (Å²) in [7, 11) is 0. The van der Waals surface area contributed by atoms with E-state index in [1.54, 1.807) is 26.0 Å². The first-order valence-electron chi connectivity index (χ1n) is 5.66. The summed E-state index contributed by atoms with van der Waals surface area (Å²) >= 11 is 0. The van der Waals surface area contributed by atoms with Crippen molar-refractivity contribution in [2.75, 3.05) is 6.61 Å². The lowest BCUT2D eigenvalue weighted by Crippen LogP contribution is -2.02. The van der Waals surface area contributed by atoms with Crippen LogP contribution in [0.1, 0.15) is 31.7 Å². The van der Waals surface area contributed by atoms with Crippen LogP contribution in [-0.4, -0.2) is 17.8 Å². The highest BCUT2D eigenvalue weighted by atomic mass is 19.1. The van der Waals surface area contributed by atoms with Crippen LogP contribution in [0.2, 0.25) is 0 Å². The van der Waals surface area contributed by atoms with E-state index in [0.29, 0.717) is 17.9 Å². The molecule has 0 fully saturated rings. The molecule has 0 aliphatic carbocycles. The maximum atomic E-state index is 13.1. The first-order chi connectivity index (χ1) is 7.59. The predicted molar refractivity (Wildman–Crippen MR) is 62.2 cm³/mol. The summed E-state index contributed by atoms with van der Waals surface area (Å²) < 4.78 is 18.5. The third-order valence-electron chi connectivity index (χ3n) is 2.43. The summed E-state index contributed by atoms with van der Waals surface area (Å²) in [4.78, 5) is 0. The summed E-state index contributed by atoms with van der Waals surface area (Å²) in [6, 6.07) is 4.89. The van der Waals surface area contributed by atoms with Crippen molar-refractivity contribution >= 4 is 0 Å². The highest BCUT2D eigenvalue weighted by Gasteiger charge is 2.00. The average Bonchev–Trinajstić information content (AvgIpc) is 2.22. The van der Waals surface area contributed by atoms with Crippen molar-refractivity contribution in [3.63, 3.8) is 0 Å². The van der Waals surface area contributed by atoms with Crippen molar-refractivity contribution < 1.29 is 14.2 Å². The summed E-state index contributed by atoms with van der Waals surface area (Å²) in [5, 5.41) is 9.05. The van der Waals surface area contributed by atoms with Gasteiger partial charge in [0.05, 0.1) is 12.7 Å². The Morgan fingerprint density at radius 2 is 2.12 bits per heavy atom. The van der Waals surface area contributed by atoms with E-state index in [4.69, 9.17) is 9.84 Å². The molecule has 1 rings (SSSR count). The number of unbranched alkanes of at least 4 members (excludes halogenated alkanes) is 1. The zero-order chi connectivity index (χ0) is 12.0. The minimum Gasteiger partial charge on any atom is -0.493 e. The molecule has 1 aromatic rings. The molecule has 0 bridgehead atoms. The highest BCUT2D eigenvalue weighted by molar-refractivity contribution is 5.27. The van der Waals surface area contributed by atoms with Crippen LogP contribution < -0.4 is 4.74 Å². The van der Waals surface area contributed by atoms with Crippen molar-refractivity contribution in [3.8, 4) is 5.75 Å². The van der Waals surface area contributed by atoms with E-state index in [2.05, 4.69) is 0 Å². The van der Waals surface area contributed by atoms with Gasteiger partial charge in [0.15, 0.2) is 0 Å². The van der Waals surface area contributed by atoms with Gasteiger partial charge in [-0.25, -0.2) is 4.39 Å². The van der Waals surface area contributed by atoms with Crippen LogP contribution in [0.3, 0.4) is 0 Å². The van der Waals surface area contributed by atoms with Gasteiger partial charge in [-0.1, -0.05) is 6.07 Å². The van der Waals surface area contributed by atoms with Gasteiger partial charge >= 0.3 is 0 Å². The molecule has 0 amide bonds. The number of aliphatic hydroxyl groups is 1. The van der Waals surface area contributed by atoms with Crippen molar-refractivity contribution in [2.45, 2.75) is 39.2 Å². The van der Waals surface area contributed by atoms with Gasteiger partial charge in [0.2, 0.25) is 0 Å². The van der Waals surface area contributed by atoms with Crippen molar-refractivity contribution in [2.24, 2.45) is 0 Å². The SMILES string of the molecule is Cc1ccc(OCCCCC(C)O)cc1F. The molecule has 0 aliphatic rings. The molecule has 0 saturated carbocycles. The fraction of sp³-hybridized carbons (Fsp3) is 0.538. The lowest BCUT2D eigenvalue weighted by atomic mass is 10.2. The van der Waals surface area contributed by atoms with Gasteiger partial charge in [-0.2, -0.15) is 0 Å². The zero-order valence-electron chi connectivity index (χ0n) is 9.87. The van der Waals surface area contributed by atoms with Crippen LogP contribution in [0.25, 0.3) is 0 Å². The van der Waals surface area contributed by atoms with Crippen LogP contribution >= 0.6 is 0 Å². The summed E-state index contributed by atoms with van der Waals surface area (Å²) in [5.41, 5.74) is 0.626. The first kappa shape index (κ1) is 13.0. The van der Waals surface area contributed by atoms with E-state index in [0.717, 1.165) is 19.3 Å². The standard InChI is InChI=1S/C13H19FO2/c1-10-6-7-12(9-13(10)14)16-8-4-3-5-11(2)15/h6-7,9,11,15H,3-5,8H2,1-2H3. The van der Waals surface area contributed by atoms with Crippen LogP contribution in [0.4, 0.5) is 4.39 Å². The molecular formula is C13H19FO2. The Bertz CT molecular complexity index is 324. The lowest BCUT2D eigenvalue weighted by molar-refractivity contribution is 0.177. The lowest BCUT2D eigenvalue weighted by Gasteiger charge is -2.07. The molecule has 0 saturated heterocycles. The summed E-state index contributed by atoms with van der Waals surface area (Å²) in [6.07, 6.45) is 2.33. The van der Waals surface area contributed by atoms with E-state index >= 15 is 0 Å². The van der Waals surface area contributed by atoms with Crippen LogP contribution in [-0.2, 0) is 0 Å². The van der Waals surface area contributed by atoms with Gasteiger partial charge < -0.3 is 9.84 Å². The quantitative estimate of drug-likeness (QED) is 0.755. The van der Waals surface area contributed by atoms with E-state index in [-0.39, 0.29) is 11.9 Å². The second-order valence-electron chi connectivity index (χ2n) is 4.10. The number of halogens is 1. The van der Waals surface area contributed by atoms with E-state index in [1.807, 2.05) is 0 Å². The Morgan fingerprint density at radius 3 is 2.75 bits per heavy atom. The molecule has 1 atom stereocenters. The smallest absolute Gasteiger partial charge is 0.129 e. The van der Waals surface area contributed by atoms with Gasteiger partial charge in [-0.15, -0.1) is 0 Å². The van der Waals surface area contributed by atoms with Crippen molar-refractivity contribution in [3.05, 3.63) is 29.6 Å². The van der Waals surface area contributed by atoms with Gasteiger partial charge in [-0.3, -0.25) is 0 Å². The van der Waals surface area contributed by atoms with Crippen LogP contribution in [0.15, 0.2) is 18.2 Å². The molecular weight excluding hydrogens is 207 g/mol. The van der Waals surface area contributed by atoms with Crippen LogP contribution in [0.5, 0.6) is 5.75 Å². The van der Waals surface area contributed by atoms with E-state index in [9.17, 15) is 4.39 Å². The molecule has 2 nitrogen and oxygen atoms in total. The third-order valence-corrected chi connectivity index (χ3v) is 2.43. The summed E-state index contributed by atoms with van der Waals surface area (Å²) in [5.74, 6) is 0.335. The number of rotatable bonds is 6. The number of hydrogen-bond donors (Lipinski definition) is 1. The van der Waals surface area contributed by atoms with Crippen LogP contribution in [0, 0.1) is 12.7 Å². The maximum Gasteiger partial charge on any atom is 0.129 e. The summed E-state index contributed by atoms with van der Waals surface area (Å²) in [6.45, 7) is 4.06. The molecule has 1 aromatic carbocycles. The van der Waals surface area contributed by atoms with Gasteiger partial charge in [0.25, 0.3) is 0 Å². The molecule has 3 heteroatoms. The molecule has 0 aromatic heterocycles. The molecule has 1 N–H and O–H groups in total. The Balaban J connectivity index is 2.24. The maximum absolute atomic E-state index is 13.1. The number of benzene rings is 1. The fourth-order valence-corrected chi connectivity index (χ4v) is 1.40. The second-order valence-corrected chi connectivity index (χ2v) is 4.10. The van der Waals surface area contributed by atoms with E-state index < -0.39 is 0 Å². The zero-order valence-corrected chi connectivity index (χ0v) is 9.87. The number of aryl methyl sites for hydroxylation is 1. The number of aliphatic hydroxyl groups excluding tert-OH is 1. The monoisotopic (exact) mass is 226 g/mol. The topological polar surface area (TPSA) is 29.5 Å².